The molecule has 0 heterocycles. The zero-order chi connectivity index (χ0) is 20.4. The molecule has 0 aliphatic carbocycles. The molecule has 148 valence electrons. The normalized spacial score (nSPS) is 11.5. The Morgan fingerprint density at radius 3 is 2.07 bits per heavy atom. The fraction of sp³-hybridized carbons (Fsp3) is 0.318. The minimum absolute atomic E-state index is 0.0837. The van der Waals surface area contributed by atoms with E-state index in [4.69, 9.17) is 0 Å². The first-order valence-electron chi connectivity index (χ1n) is 9.41. The molecule has 28 heavy (non-hydrogen) atoms. The number of nitrogens with one attached hydrogen (secondary N) is 3. The van der Waals surface area contributed by atoms with Crippen molar-refractivity contribution in [1.29, 1.82) is 0 Å². The Bertz CT molecular complexity index is 776. The Labute approximate surface area is 165 Å². The van der Waals surface area contributed by atoms with Crippen LogP contribution in [-0.4, -0.2) is 30.3 Å². The summed E-state index contributed by atoms with van der Waals surface area (Å²) >= 11 is 0. The molecule has 0 fully saturated rings. The minimum Gasteiger partial charge on any atom is -0.354 e. The molecule has 0 aliphatic rings. The second kappa shape index (κ2) is 10.9. The maximum Gasteiger partial charge on any atom is 0.251 e. The lowest BCUT2D eigenvalue weighted by Crippen LogP contribution is -2.50. The van der Waals surface area contributed by atoms with Crippen molar-refractivity contribution in [3.05, 3.63) is 71.8 Å². The predicted octanol–water partition coefficient (Wildman–Crippen LogP) is 2.26. The van der Waals surface area contributed by atoms with E-state index >= 15 is 0 Å². The lowest BCUT2D eigenvalue weighted by molar-refractivity contribution is -0.124. The highest BCUT2D eigenvalue weighted by Crippen LogP contribution is 2.05. The van der Waals surface area contributed by atoms with E-state index in [1.54, 1.807) is 24.3 Å². The monoisotopic (exact) mass is 381 g/mol. The summed E-state index contributed by atoms with van der Waals surface area (Å²) < 4.78 is 0. The van der Waals surface area contributed by atoms with Crippen molar-refractivity contribution in [2.24, 2.45) is 5.92 Å². The fourth-order valence-corrected chi connectivity index (χ4v) is 2.64. The number of rotatable bonds is 9. The third kappa shape index (κ3) is 6.87. The highest BCUT2D eigenvalue weighted by atomic mass is 16.2. The topological polar surface area (TPSA) is 87.3 Å². The average molecular weight is 381 g/mol. The van der Waals surface area contributed by atoms with E-state index in [1.165, 1.54) is 0 Å². The van der Waals surface area contributed by atoms with Gasteiger partial charge in [-0.25, -0.2) is 0 Å². The largest absolute Gasteiger partial charge is 0.354 e. The van der Waals surface area contributed by atoms with E-state index in [9.17, 15) is 14.4 Å². The van der Waals surface area contributed by atoms with Crippen molar-refractivity contribution in [2.75, 3.05) is 6.54 Å². The Morgan fingerprint density at radius 1 is 0.857 bits per heavy atom. The molecule has 0 radical (unpaired) electrons. The number of carbonyl (C=O) groups is 3. The number of hydrogen-bond acceptors (Lipinski definition) is 3. The van der Waals surface area contributed by atoms with Crippen molar-refractivity contribution in [3.8, 4) is 0 Å². The number of carbonyl (C=O) groups excluding carboxylic acids is 3. The summed E-state index contributed by atoms with van der Waals surface area (Å²) in [5, 5.41) is 8.32. The van der Waals surface area contributed by atoms with Gasteiger partial charge >= 0.3 is 0 Å². The summed E-state index contributed by atoms with van der Waals surface area (Å²) in [6.07, 6.45) is 0.177. The Balaban J connectivity index is 1.77. The summed E-state index contributed by atoms with van der Waals surface area (Å²) in [5.74, 6) is -0.816. The van der Waals surface area contributed by atoms with E-state index in [-0.39, 0.29) is 36.6 Å². The van der Waals surface area contributed by atoms with Crippen LogP contribution in [-0.2, 0) is 16.1 Å². The predicted molar refractivity (Wildman–Crippen MR) is 108 cm³/mol. The molecule has 1 atom stereocenters. The van der Waals surface area contributed by atoms with E-state index in [0.29, 0.717) is 12.1 Å². The number of hydrogen-bond donors (Lipinski definition) is 3. The van der Waals surface area contributed by atoms with Gasteiger partial charge in [0.2, 0.25) is 11.8 Å². The summed E-state index contributed by atoms with van der Waals surface area (Å²) in [6.45, 7) is 4.39. The number of benzene rings is 2. The van der Waals surface area contributed by atoms with Crippen LogP contribution in [0.25, 0.3) is 0 Å². The average Bonchev–Trinajstić information content (AvgIpc) is 2.71. The molecular formula is C22H27N3O3. The fourth-order valence-electron chi connectivity index (χ4n) is 2.64. The van der Waals surface area contributed by atoms with Gasteiger partial charge in [0, 0.05) is 25.1 Å². The van der Waals surface area contributed by atoms with E-state index in [1.807, 2.05) is 50.2 Å². The molecule has 0 aromatic heterocycles. The smallest absolute Gasteiger partial charge is 0.251 e. The van der Waals surface area contributed by atoms with Gasteiger partial charge in [-0.1, -0.05) is 62.4 Å². The molecule has 6 heteroatoms. The van der Waals surface area contributed by atoms with Crippen molar-refractivity contribution >= 4 is 17.7 Å². The Morgan fingerprint density at radius 2 is 1.46 bits per heavy atom. The van der Waals surface area contributed by atoms with Crippen molar-refractivity contribution < 1.29 is 14.4 Å². The summed E-state index contributed by atoms with van der Waals surface area (Å²) in [6, 6.07) is 17.7. The van der Waals surface area contributed by atoms with Crippen LogP contribution in [0.2, 0.25) is 0 Å². The van der Waals surface area contributed by atoms with Gasteiger partial charge in [-0.2, -0.15) is 0 Å². The first-order chi connectivity index (χ1) is 13.5. The Hall–Kier alpha value is -3.15. The van der Waals surface area contributed by atoms with Gasteiger partial charge in [-0.05, 0) is 23.6 Å². The van der Waals surface area contributed by atoms with Crippen LogP contribution in [0.15, 0.2) is 60.7 Å². The van der Waals surface area contributed by atoms with Crippen LogP contribution in [0, 0.1) is 5.92 Å². The maximum absolute atomic E-state index is 12.5. The van der Waals surface area contributed by atoms with E-state index < -0.39 is 6.04 Å². The summed E-state index contributed by atoms with van der Waals surface area (Å²) in [5.41, 5.74) is 1.52. The van der Waals surface area contributed by atoms with Crippen LogP contribution < -0.4 is 16.0 Å². The molecule has 2 aromatic carbocycles. The molecule has 0 aliphatic heterocycles. The van der Waals surface area contributed by atoms with Gasteiger partial charge in [0.15, 0.2) is 0 Å². The molecular weight excluding hydrogens is 354 g/mol. The van der Waals surface area contributed by atoms with E-state index in [2.05, 4.69) is 16.0 Å². The van der Waals surface area contributed by atoms with Gasteiger partial charge < -0.3 is 16.0 Å². The van der Waals surface area contributed by atoms with Crippen LogP contribution in [0.3, 0.4) is 0 Å². The van der Waals surface area contributed by atoms with Gasteiger partial charge in [-0.15, -0.1) is 0 Å². The van der Waals surface area contributed by atoms with Gasteiger partial charge in [0.05, 0.1) is 0 Å². The third-order valence-electron chi connectivity index (χ3n) is 4.26. The van der Waals surface area contributed by atoms with Crippen molar-refractivity contribution in [3.63, 3.8) is 0 Å². The molecule has 3 N–H and O–H groups in total. The second-order valence-corrected chi connectivity index (χ2v) is 6.86. The van der Waals surface area contributed by atoms with Crippen LogP contribution in [0.5, 0.6) is 0 Å². The Kier molecular flexibility index (Phi) is 8.21. The molecule has 0 saturated carbocycles. The molecule has 0 bridgehead atoms. The minimum atomic E-state index is -0.667. The molecule has 2 rings (SSSR count). The molecule has 0 spiro atoms. The lowest BCUT2D eigenvalue weighted by Gasteiger charge is -2.21. The standard InChI is InChI=1S/C22H27N3O3/c1-16(2)20(25-21(27)18-11-7-4-8-12-18)22(28)23-14-13-19(26)24-15-17-9-5-3-6-10-17/h3-12,16,20H,13-15H2,1-2H3,(H,23,28)(H,24,26)(H,25,27). The molecule has 2 aromatic rings. The highest BCUT2D eigenvalue weighted by Gasteiger charge is 2.24. The number of amides is 3. The third-order valence-corrected chi connectivity index (χ3v) is 4.26. The van der Waals surface area contributed by atoms with Crippen molar-refractivity contribution in [1.82, 2.24) is 16.0 Å². The van der Waals surface area contributed by atoms with Crippen LogP contribution >= 0.6 is 0 Å². The first kappa shape index (κ1) is 21.2. The highest BCUT2D eigenvalue weighted by molar-refractivity contribution is 5.97. The SMILES string of the molecule is CC(C)C(NC(=O)c1ccccc1)C(=O)NCCC(=O)NCc1ccccc1. The zero-order valence-electron chi connectivity index (χ0n) is 16.3. The molecule has 6 nitrogen and oxygen atoms in total. The zero-order valence-corrected chi connectivity index (χ0v) is 16.3. The quantitative estimate of drug-likeness (QED) is 0.623. The molecule has 3 amide bonds. The van der Waals surface area contributed by atoms with Gasteiger partial charge in [0.25, 0.3) is 5.91 Å². The molecule has 0 saturated heterocycles. The van der Waals surface area contributed by atoms with E-state index in [0.717, 1.165) is 5.56 Å². The summed E-state index contributed by atoms with van der Waals surface area (Å²) in [4.78, 5) is 36.7. The second-order valence-electron chi connectivity index (χ2n) is 6.86. The lowest BCUT2D eigenvalue weighted by atomic mass is 10.0. The van der Waals surface area contributed by atoms with Crippen molar-refractivity contribution in [2.45, 2.75) is 32.9 Å². The van der Waals surface area contributed by atoms with Crippen LogP contribution in [0.1, 0.15) is 36.2 Å². The van der Waals surface area contributed by atoms with Gasteiger partial charge in [0.1, 0.15) is 6.04 Å². The van der Waals surface area contributed by atoms with Crippen LogP contribution in [0.4, 0.5) is 0 Å². The molecule has 1 unspecified atom stereocenters. The maximum atomic E-state index is 12.5. The summed E-state index contributed by atoms with van der Waals surface area (Å²) in [7, 11) is 0. The first-order valence-corrected chi connectivity index (χ1v) is 9.41. The van der Waals surface area contributed by atoms with Gasteiger partial charge in [-0.3, -0.25) is 14.4 Å².